The van der Waals surface area contributed by atoms with Gasteiger partial charge in [0.2, 0.25) is 11.2 Å². The van der Waals surface area contributed by atoms with Crippen molar-refractivity contribution in [2.24, 2.45) is 0 Å². The van der Waals surface area contributed by atoms with Crippen molar-refractivity contribution in [1.82, 2.24) is 4.90 Å². The van der Waals surface area contributed by atoms with Crippen molar-refractivity contribution in [1.29, 1.82) is 0 Å². The van der Waals surface area contributed by atoms with Gasteiger partial charge in [-0.15, -0.1) is 0 Å². The van der Waals surface area contributed by atoms with Gasteiger partial charge in [0.15, 0.2) is 5.76 Å². The molecule has 0 fully saturated rings. The van der Waals surface area contributed by atoms with Gasteiger partial charge in [0, 0.05) is 19.2 Å². The van der Waals surface area contributed by atoms with Gasteiger partial charge in [-0.3, -0.25) is 14.5 Å². The van der Waals surface area contributed by atoms with Crippen LogP contribution in [0.25, 0.3) is 0 Å². The molecule has 1 unspecified atom stereocenters. The monoisotopic (exact) mass is 485 g/mol. The maximum Gasteiger partial charge on any atom is 0.387 e. The molecule has 0 spiro atoms. The van der Waals surface area contributed by atoms with Crippen LogP contribution in [-0.4, -0.2) is 36.2 Å². The smallest absolute Gasteiger partial charge is 0.387 e. The van der Waals surface area contributed by atoms with Crippen LogP contribution in [0, 0.1) is 0 Å². The molecule has 0 aliphatic carbocycles. The molecule has 2 heterocycles. The number of aromatic hydroxyl groups is 1. The fourth-order valence-electron chi connectivity index (χ4n) is 4.30. The number of methoxy groups -OCH3 is 1. The molecule has 184 valence electrons. The highest BCUT2D eigenvalue weighted by atomic mass is 19.3. The third-order valence-electron chi connectivity index (χ3n) is 5.99. The summed E-state index contributed by atoms with van der Waals surface area (Å²) in [5.74, 6) is -2.18. The molecule has 3 aromatic rings. The van der Waals surface area contributed by atoms with Crippen LogP contribution in [0.2, 0.25) is 0 Å². The molecule has 1 aliphatic heterocycles. The summed E-state index contributed by atoms with van der Waals surface area (Å²) in [5.41, 5.74) is 2.16. The van der Waals surface area contributed by atoms with E-state index in [1.54, 1.807) is 6.07 Å². The SMILES string of the molecule is COC(=O)CC(c1cccc(OC(F)F)c1)c1oc(CN2CCc3ccccc3C2)cc(=O)c1O. The number of ether oxygens (including phenoxy) is 2. The highest BCUT2D eigenvalue weighted by Crippen LogP contribution is 2.35. The van der Waals surface area contributed by atoms with E-state index in [2.05, 4.69) is 21.8 Å². The number of esters is 1. The number of carbonyl (C=O) groups excluding carboxylic acids is 1. The van der Waals surface area contributed by atoms with Gasteiger partial charge in [-0.2, -0.15) is 8.78 Å². The minimum Gasteiger partial charge on any atom is -0.502 e. The maximum absolute atomic E-state index is 12.7. The molecular formula is C26H25F2NO6. The molecule has 1 aliphatic rings. The van der Waals surface area contributed by atoms with Crippen LogP contribution in [0.4, 0.5) is 8.78 Å². The molecule has 0 bridgehead atoms. The minimum atomic E-state index is -3.03. The number of alkyl halides is 2. The summed E-state index contributed by atoms with van der Waals surface area (Å²) in [6.07, 6.45) is 0.568. The van der Waals surface area contributed by atoms with E-state index in [4.69, 9.17) is 9.15 Å². The van der Waals surface area contributed by atoms with E-state index in [9.17, 15) is 23.5 Å². The Morgan fingerprint density at radius 3 is 2.66 bits per heavy atom. The molecule has 35 heavy (non-hydrogen) atoms. The van der Waals surface area contributed by atoms with E-state index >= 15 is 0 Å². The number of hydrogen-bond acceptors (Lipinski definition) is 7. The first-order valence-electron chi connectivity index (χ1n) is 11.1. The minimum absolute atomic E-state index is 0.127. The predicted molar refractivity (Wildman–Crippen MR) is 122 cm³/mol. The number of nitrogens with zero attached hydrogens (tertiary/aromatic N) is 1. The first kappa shape index (κ1) is 24.4. The Morgan fingerprint density at radius 1 is 1.14 bits per heavy atom. The molecule has 1 aromatic heterocycles. The number of halogens is 2. The summed E-state index contributed by atoms with van der Waals surface area (Å²) in [4.78, 5) is 26.9. The van der Waals surface area contributed by atoms with Crippen LogP contribution in [0.15, 0.2) is 63.8 Å². The Hall–Kier alpha value is -3.72. The number of rotatable bonds is 8. The fourth-order valence-corrected chi connectivity index (χ4v) is 4.30. The van der Waals surface area contributed by atoms with E-state index in [1.165, 1.54) is 42.5 Å². The lowest BCUT2D eigenvalue weighted by molar-refractivity contribution is -0.141. The van der Waals surface area contributed by atoms with Gasteiger partial charge in [0.1, 0.15) is 11.5 Å². The Bertz CT molecular complexity index is 1260. The number of carbonyl (C=O) groups is 1. The Morgan fingerprint density at radius 2 is 1.91 bits per heavy atom. The average Bonchev–Trinajstić information content (AvgIpc) is 2.84. The fraction of sp³-hybridized carbons (Fsp3) is 0.308. The molecular weight excluding hydrogens is 460 g/mol. The Balaban J connectivity index is 1.67. The predicted octanol–water partition coefficient (Wildman–Crippen LogP) is 4.20. The lowest BCUT2D eigenvalue weighted by Gasteiger charge is -2.28. The number of hydrogen-bond donors (Lipinski definition) is 1. The van der Waals surface area contributed by atoms with Gasteiger partial charge in [-0.05, 0) is 35.2 Å². The average molecular weight is 485 g/mol. The summed E-state index contributed by atoms with van der Waals surface area (Å²) in [6.45, 7) is -1.28. The third-order valence-corrected chi connectivity index (χ3v) is 5.99. The Kier molecular flexibility index (Phi) is 7.45. The lowest BCUT2D eigenvalue weighted by Crippen LogP contribution is -2.30. The molecule has 9 heteroatoms. The molecule has 0 amide bonds. The van der Waals surface area contributed by atoms with Gasteiger partial charge in [0.05, 0.1) is 26.0 Å². The first-order chi connectivity index (χ1) is 16.8. The van der Waals surface area contributed by atoms with Gasteiger partial charge < -0.3 is 19.0 Å². The van der Waals surface area contributed by atoms with E-state index in [1.807, 2.05) is 12.1 Å². The van der Waals surface area contributed by atoms with E-state index in [0.717, 1.165) is 13.0 Å². The highest BCUT2D eigenvalue weighted by Gasteiger charge is 2.28. The third kappa shape index (κ3) is 5.86. The highest BCUT2D eigenvalue weighted by molar-refractivity contribution is 5.71. The van der Waals surface area contributed by atoms with Crippen LogP contribution in [0.5, 0.6) is 11.5 Å². The van der Waals surface area contributed by atoms with Crippen LogP contribution in [0.1, 0.15) is 40.5 Å². The van der Waals surface area contributed by atoms with Crippen molar-refractivity contribution < 1.29 is 32.6 Å². The zero-order chi connectivity index (χ0) is 24.9. The standard InChI is InChI=1S/C26H25F2NO6/c1-33-23(31)13-21(17-7-4-8-19(11-17)35-26(27)28)25-24(32)22(30)12-20(34-25)15-29-10-9-16-5-2-3-6-18(16)14-29/h2-8,11-12,21,26,32H,9-10,13-15H2,1H3. The lowest BCUT2D eigenvalue weighted by atomic mass is 9.92. The van der Waals surface area contributed by atoms with Crippen molar-refractivity contribution in [2.75, 3.05) is 13.7 Å². The summed E-state index contributed by atoms with van der Waals surface area (Å²) in [7, 11) is 1.20. The second-order valence-corrected chi connectivity index (χ2v) is 8.30. The number of benzene rings is 2. The molecule has 1 N–H and O–H groups in total. The zero-order valence-corrected chi connectivity index (χ0v) is 19.1. The molecule has 0 saturated heterocycles. The molecule has 1 atom stereocenters. The summed E-state index contributed by atoms with van der Waals surface area (Å²) >= 11 is 0. The molecule has 0 saturated carbocycles. The normalized spacial score (nSPS) is 14.4. The largest absolute Gasteiger partial charge is 0.502 e. The maximum atomic E-state index is 12.7. The van der Waals surface area contributed by atoms with E-state index in [-0.39, 0.29) is 17.9 Å². The van der Waals surface area contributed by atoms with Crippen LogP contribution < -0.4 is 10.2 Å². The summed E-state index contributed by atoms with van der Waals surface area (Å²) < 4.78 is 40.7. The van der Waals surface area contributed by atoms with Gasteiger partial charge in [0.25, 0.3) is 0 Å². The Labute approximate surface area is 200 Å². The zero-order valence-electron chi connectivity index (χ0n) is 19.1. The van der Waals surface area contributed by atoms with Gasteiger partial charge >= 0.3 is 12.6 Å². The summed E-state index contributed by atoms with van der Waals surface area (Å²) in [6, 6.07) is 15.0. The topological polar surface area (TPSA) is 89.2 Å². The van der Waals surface area contributed by atoms with Crippen molar-refractivity contribution >= 4 is 5.97 Å². The van der Waals surface area contributed by atoms with E-state index < -0.39 is 29.7 Å². The second-order valence-electron chi connectivity index (χ2n) is 8.30. The van der Waals surface area contributed by atoms with Crippen molar-refractivity contribution in [3.63, 3.8) is 0 Å². The summed E-state index contributed by atoms with van der Waals surface area (Å²) in [5, 5.41) is 10.6. The quantitative estimate of drug-likeness (QED) is 0.479. The molecule has 0 radical (unpaired) electrons. The first-order valence-corrected chi connectivity index (χ1v) is 11.1. The van der Waals surface area contributed by atoms with Crippen LogP contribution in [0.3, 0.4) is 0 Å². The molecule has 7 nitrogen and oxygen atoms in total. The van der Waals surface area contributed by atoms with Gasteiger partial charge in [-0.1, -0.05) is 36.4 Å². The van der Waals surface area contributed by atoms with Crippen molar-refractivity contribution in [3.05, 3.63) is 93.0 Å². The van der Waals surface area contributed by atoms with Crippen LogP contribution >= 0.6 is 0 Å². The van der Waals surface area contributed by atoms with Gasteiger partial charge in [-0.25, -0.2) is 0 Å². The molecule has 2 aromatic carbocycles. The van der Waals surface area contributed by atoms with E-state index in [0.29, 0.717) is 24.4 Å². The van der Waals surface area contributed by atoms with Crippen LogP contribution in [-0.2, 0) is 29.0 Å². The second kappa shape index (κ2) is 10.7. The van der Waals surface area contributed by atoms with Crippen molar-refractivity contribution in [3.8, 4) is 11.5 Å². The van der Waals surface area contributed by atoms with Crippen molar-refractivity contribution in [2.45, 2.75) is 38.5 Å². The number of fused-ring (bicyclic) bond motifs is 1. The molecule has 4 rings (SSSR count).